The fourth-order valence-electron chi connectivity index (χ4n) is 15.2. The molecule has 4 saturated heterocycles. The summed E-state index contributed by atoms with van der Waals surface area (Å²) in [6.07, 6.45) is 13.3. The number of carbonyl (C=O) groups is 2. The summed E-state index contributed by atoms with van der Waals surface area (Å²) >= 11 is 8.28. The highest BCUT2D eigenvalue weighted by Crippen LogP contribution is 2.52. The Hall–Kier alpha value is -5.36. The monoisotopic (exact) mass is 1110 g/mol. The molecule has 2 saturated carbocycles. The second-order valence-corrected chi connectivity index (χ2v) is 27.1. The molecule has 2 N–H and O–H groups in total. The van der Waals surface area contributed by atoms with E-state index in [2.05, 4.69) is 72.3 Å². The van der Waals surface area contributed by atoms with Gasteiger partial charge in [0.1, 0.15) is 17.9 Å². The molecule has 15 nitrogen and oxygen atoms in total. The summed E-state index contributed by atoms with van der Waals surface area (Å²) in [5, 5.41) is 24.9. The van der Waals surface area contributed by atoms with Crippen molar-refractivity contribution in [3.63, 3.8) is 0 Å². The van der Waals surface area contributed by atoms with Crippen LogP contribution in [0.4, 0.5) is 0 Å². The number of aliphatic hydroxyl groups is 1. The van der Waals surface area contributed by atoms with Gasteiger partial charge in [0.25, 0.3) is 5.56 Å². The van der Waals surface area contributed by atoms with Crippen molar-refractivity contribution in [2.75, 3.05) is 59.0 Å². The van der Waals surface area contributed by atoms with E-state index in [4.69, 9.17) is 26.4 Å². The Kier molecular flexibility index (Phi) is 14.0. The molecule has 8 heterocycles. The number of halogens is 1. The zero-order valence-electron chi connectivity index (χ0n) is 46.2. The molecular formula is C62H75ClN10O5S. The number of fused-ring (bicyclic) bond motifs is 7. The van der Waals surface area contributed by atoms with Gasteiger partial charge in [-0.05, 0) is 129 Å². The summed E-state index contributed by atoms with van der Waals surface area (Å²) in [6, 6.07) is 19.4. The van der Waals surface area contributed by atoms with E-state index in [1.807, 2.05) is 51.5 Å². The van der Waals surface area contributed by atoms with Gasteiger partial charge in [0, 0.05) is 56.7 Å². The number of nitrogens with zero attached hydrogens (tertiary/aromatic N) is 9. The Bertz CT molecular complexity index is 3320. The predicted octanol–water partition coefficient (Wildman–Crippen LogP) is 9.52. The zero-order valence-corrected chi connectivity index (χ0v) is 47.8. The molecule has 3 aromatic carbocycles. The summed E-state index contributed by atoms with van der Waals surface area (Å²) in [4.78, 5) is 60.1. The number of rotatable bonds is 12. The number of nitrogens with one attached hydrogen (secondary N) is 1. The van der Waals surface area contributed by atoms with E-state index in [-0.39, 0.29) is 53.1 Å². The zero-order chi connectivity index (χ0) is 54.4. The number of aryl methyl sites for hydroxylation is 1. The van der Waals surface area contributed by atoms with Gasteiger partial charge in [-0.2, -0.15) is 4.98 Å². The van der Waals surface area contributed by atoms with Crippen LogP contribution in [-0.2, 0) is 19.7 Å². The van der Waals surface area contributed by atoms with Crippen molar-refractivity contribution in [2.45, 2.75) is 146 Å². The molecule has 2 amide bonds. The Morgan fingerprint density at radius 3 is 2.39 bits per heavy atom. The first-order valence-electron chi connectivity index (χ1n) is 29.2. The van der Waals surface area contributed by atoms with Crippen LogP contribution in [0.25, 0.3) is 27.0 Å². The number of aromatic nitrogens is 6. The van der Waals surface area contributed by atoms with Gasteiger partial charge in [0.05, 0.1) is 74.2 Å². The summed E-state index contributed by atoms with van der Waals surface area (Å²) in [6.45, 7) is 15.5. The van der Waals surface area contributed by atoms with Crippen LogP contribution in [0.1, 0.15) is 156 Å². The second-order valence-electron chi connectivity index (χ2n) is 25.8. The molecule has 5 aliphatic heterocycles. The van der Waals surface area contributed by atoms with Gasteiger partial charge in [0.2, 0.25) is 11.8 Å². The normalized spacial score (nSPS) is 24.8. The molecule has 3 aromatic heterocycles. The Morgan fingerprint density at radius 1 is 0.937 bits per heavy atom. The summed E-state index contributed by atoms with van der Waals surface area (Å²) < 4.78 is 9.56. The summed E-state index contributed by atoms with van der Waals surface area (Å²) in [5.74, 6) is 1.74. The molecule has 17 heteroatoms. The third-order valence-corrected chi connectivity index (χ3v) is 20.6. The number of amides is 2. The highest BCUT2D eigenvalue weighted by atomic mass is 35.5. The number of piperidine rings is 1. The molecular weight excluding hydrogens is 1030 g/mol. The van der Waals surface area contributed by atoms with Crippen molar-refractivity contribution in [3.8, 4) is 16.1 Å². The van der Waals surface area contributed by atoms with Crippen LogP contribution >= 0.6 is 22.9 Å². The van der Waals surface area contributed by atoms with Crippen molar-refractivity contribution >= 4 is 45.7 Å². The molecule has 0 bridgehead atoms. The number of ether oxygens (including phenoxy) is 1. The molecule has 13 rings (SSSR count). The number of β-amino-alcohol motifs (C(OH)–C–C–N with tert-alkyl or cyclic N) is 1. The SMILES string of the molecule is Cc1ncsc1-c1ccc([C@H](CN2CC3(COC3)C2)NC(=O)[C@@H]2C[C@@H](O)CN2C(=O)[C@@H](n2cc(C3CCC(CN4CCC(c5ccc6c(c5)-n5c(nc(=O)c7c(Cl)cccc75)C65CCCCC5)CC4)CC3)nn2)C(C)(C)C)cc1. The van der Waals surface area contributed by atoms with Crippen molar-refractivity contribution in [2.24, 2.45) is 16.7 Å². The lowest BCUT2D eigenvalue weighted by molar-refractivity contribution is -0.190. The number of hydrogen-bond acceptors (Lipinski definition) is 12. The van der Waals surface area contributed by atoms with Gasteiger partial charge in [-0.3, -0.25) is 23.9 Å². The number of likely N-dealkylation sites (tertiary alicyclic amines) is 3. The summed E-state index contributed by atoms with van der Waals surface area (Å²) in [7, 11) is 0. The number of carbonyl (C=O) groups excluding carboxylic acids is 2. The molecule has 79 heavy (non-hydrogen) atoms. The van der Waals surface area contributed by atoms with Crippen molar-refractivity contribution in [3.05, 3.63) is 122 Å². The van der Waals surface area contributed by atoms with Crippen LogP contribution in [0.5, 0.6) is 0 Å². The Balaban J connectivity index is 0.640. The molecule has 4 atom stereocenters. The molecule has 7 aliphatic rings. The maximum atomic E-state index is 15.0. The predicted molar refractivity (Wildman–Crippen MR) is 307 cm³/mol. The van der Waals surface area contributed by atoms with Gasteiger partial charge >= 0.3 is 0 Å². The molecule has 0 radical (unpaired) electrons. The fourth-order valence-corrected chi connectivity index (χ4v) is 16.2. The van der Waals surface area contributed by atoms with E-state index >= 15 is 0 Å². The highest BCUT2D eigenvalue weighted by Gasteiger charge is 2.51. The van der Waals surface area contributed by atoms with Crippen LogP contribution in [-0.4, -0.2) is 132 Å². The van der Waals surface area contributed by atoms with Crippen LogP contribution in [0.2, 0.25) is 5.02 Å². The molecule has 416 valence electrons. The van der Waals surface area contributed by atoms with Crippen LogP contribution in [0, 0.1) is 23.7 Å². The Morgan fingerprint density at radius 2 is 1.70 bits per heavy atom. The minimum Gasteiger partial charge on any atom is -0.391 e. The second kappa shape index (κ2) is 20.9. The lowest BCUT2D eigenvalue weighted by atomic mass is 9.69. The minimum atomic E-state index is -0.833. The van der Waals surface area contributed by atoms with E-state index in [0.717, 1.165) is 149 Å². The average Bonchev–Trinajstić information content (AvgIpc) is 3.20. The van der Waals surface area contributed by atoms with Crippen molar-refractivity contribution < 1.29 is 19.4 Å². The maximum absolute atomic E-state index is 15.0. The summed E-state index contributed by atoms with van der Waals surface area (Å²) in [5.41, 5.74) is 9.78. The van der Waals surface area contributed by atoms with E-state index in [1.165, 1.54) is 23.2 Å². The molecule has 2 spiro atoms. The van der Waals surface area contributed by atoms with E-state index < -0.39 is 23.6 Å². The molecule has 2 aliphatic carbocycles. The van der Waals surface area contributed by atoms with Crippen molar-refractivity contribution in [1.82, 2.24) is 49.5 Å². The third-order valence-electron chi connectivity index (χ3n) is 19.3. The number of thiazole rings is 1. The lowest BCUT2D eigenvalue weighted by Crippen LogP contribution is -2.66. The van der Waals surface area contributed by atoms with E-state index in [0.29, 0.717) is 28.8 Å². The molecule has 6 aromatic rings. The number of hydrogen-bond donors (Lipinski definition) is 2. The van der Waals surface area contributed by atoms with E-state index in [1.54, 1.807) is 27.0 Å². The standard InChI is InChI=1S/C62H75ClN10O5S/c1-38-54(79-37-64-38)43-17-15-41(16-18-43)48(31-70-33-61(34-70)35-78-36-61)65-56(75)52-28-45(74)30-71(52)58(77)55(60(2,3)4)72-32-49(67-68-72)42-13-11-39(12-14-42)29-69-25-21-40(22-26-69)44-19-20-46-51(27-44)73-50-10-8-9-47(63)53(50)57(76)66-59(73)62(46)23-6-5-7-24-62/h8-10,15-20,27,32,37,39-40,42,45,48,52,55,74H,5-7,11-14,21-26,28-31,33-36H2,1-4H3,(H,65,75)/t39?,42?,45-,48+,52+,55-/m1/s1. The minimum absolute atomic E-state index is 0.0777. The van der Waals surface area contributed by atoms with Crippen molar-refractivity contribution in [1.29, 1.82) is 0 Å². The van der Waals surface area contributed by atoms with E-state index in [9.17, 15) is 19.5 Å². The average molecular weight is 1110 g/mol. The third kappa shape index (κ3) is 9.77. The van der Waals surface area contributed by atoms with Crippen LogP contribution in [0.3, 0.4) is 0 Å². The number of aliphatic hydroxyl groups excluding tert-OH is 1. The Labute approximate surface area is 472 Å². The van der Waals surface area contributed by atoms with Crippen LogP contribution < -0.4 is 10.9 Å². The van der Waals surface area contributed by atoms with Crippen LogP contribution in [0.15, 0.2) is 77.2 Å². The molecule has 6 fully saturated rings. The quantitative estimate of drug-likeness (QED) is 0.120. The topological polar surface area (TPSA) is 164 Å². The first-order valence-corrected chi connectivity index (χ1v) is 30.5. The molecule has 0 unspecified atom stereocenters. The van der Waals surface area contributed by atoms with Gasteiger partial charge in [0.15, 0.2) is 0 Å². The van der Waals surface area contributed by atoms with Gasteiger partial charge < -0.3 is 25.0 Å². The maximum Gasteiger partial charge on any atom is 0.282 e. The van der Waals surface area contributed by atoms with Gasteiger partial charge in [-0.15, -0.1) is 16.4 Å². The first-order chi connectivity index (χ1) is 38.1. The largest absolute Gasteiger partial charge is 0.391 e. The highest BCUT2D eigenvalue weighted by molar-refractivity contribution is 7.13. The first kappa shape index (κ1) is 53.0. The lowest BCUT2D eigenvalue weighted by Gasteiger charge is -2.55. The van der Waals surface area contributed by atoms with Gasteiger partial charge in [-0.25, -0.2) is 9.67 Å². The number of benzene rings is 3. The smallest absolute Gasteiger partial charge is 0.282 e. The van der Waals surface area contributed by atoms with Gasteiger partial charge in [-0.1, -0.05) is 99.3 Å². The fraction of sp³-hybridized carbons (Fsp3) is 0.565.